The molecule has 0 N–H and O–H groups in total. The lowest BCUT2D eigenvalue weighted by molar-refractivity contribution is 0.466. The molecule has 0 amide bonds. The van der Waals surface area contributed by atoms with Crippen LogP contribution in [0.3, 0.4) is 0 Å². The second kappa shape index (κ2) is 6.59. The molecule has 0 unspecified atom stereocenters. The van der Waals surface area contributed by atoms with Gasteiger partial charge in [-0.3, -0.25) is 0 Å². The molecular weight excluding hydrogens is 328 g/mol. The standard InChI is InChI=1S/C21H18N2O3/c1-3-5-14-10-19(24)26-18-11-15(8-9-16(14)18)25-21-20-13(2)6-4-7-17(20)22-12-23-21/h4,6-12H,3,5H2,1-2H3. The summed E-state index contributed by atoms with van der Waals surface area (Å²) in [5, 5.41) is 1.80. The average Bonchev–Trinajstić information content (AvgIpc) is 2.62. The van der Waals surface area contributed by atoms with E-state index in [1.165, 1.54) is 6.33 Å². The molecule has 0 atom stereocenters. The van der Waals surface area contributed by atoms with Crippen LogP contribution in [-0.2, 0) is 6.42 Å². The Hall–Kier alpha value is -3.21. The van der Waals surface area contributed by atoms with Crippen molar-refractivity contribution in [2.75, 3.05) is 0 Å². The van der Waals surface area contributed by atoms with Crippen molar-refractivity contribution < 1.29 is 9.15 Å². The fraction of sp³-hybridized carbons (Fsp3) is 0.190. The van der Waals surface area contributed by atoms with Gasteiger partial charge in [0.2, 0.25) is 5.88 Å². The summed E-state index contributed by atoms with van der Waals surface area (Å²) in [5.74, 6) is 1.05. The van der Waals surface area contributed by atoms with Crippen molar-refractivity contribution in [1.29, 1.82) is 0 Å². The fourth-order valence-electron chi connectivity index (χ4n) is 3.19. The maximum Gasteiger partial charge on any atom is 0.336 e. The minimum absolute atomic E-state index is 0.346. The highest BCUT2D eigenvalue weighted by Gasteiger charge is 2.11. The maximum atomic E-state index is 11.8. The molecule has 2 aromatic carbocycles. The van der Waals surface area contributed by atoms with Gasteiger partial charge < -0.3 is 9.15 Å². The van der Waals surface area contributed by atoms with Gasteiger partial charge in [-0.15, -0.1) is 0 Å². The van der Waals surface area contributed by atoms with Crippen molar-refractivity contribution in [2.24, 2.45) is 0 Å². The molecule has 0 saturated carbocycles. The molecule has 5 heteroatoms. The molecule has 2 heterocycles. The SMILES string of the molecule is CCCc1cc(=O)oc2cc(Oc3ncnc4cccc(C)c34)ccc12. The molecule has 0 fully saturated rings. The van der Waals surface area contributed by atoms with Gasteiger partial charge in [-0.05, 0) is 42.7 Å². The summed E-state index contributed by atoms with van der Waals surface area (Å²) >= 11 is 0. The normalized spacial score (nSPS) is 11.2. The van der Waals surface area contributed by atoms with Crippen LogP contribution in [0.2, 0.25) is 0 Å². The third-order valence-electron chi connectivity index (χ3n) is 4.37. The van der Waals surface area contributed by atoms with Gasteiger partial charge in [0.1, 0.15) is 17.7 Å². The van der Waals surface area contributed by atoms with Gasteiger partial charge >= 0.3 is 5.63 Å². The zero-order valence-corrected chi connectivity index (χ0v) is 14.7. The molecule has 0 aliphatic heterocycles. The highest BCUT2D eigenvalue weighted by molar-refractivity contribution is 5.87. The van der Waals surface area contributed by atoms with E-state index in [0.717, 1.165) is 40.3 Å². The summed E-state index contributed by atoms with van der Waals surface area (Å²) in [6, 6.07) is 13.0. The number of aromatic nitrogens is 2. The molecule has 4 aromatic rings. The van der Waals surface area contributed by atoms with Crippen molar-refractivity contribution in [3.05, 3.63) is 70.3 Å². The zero-order valence-electron chi connectivity index (χ0n) is 14.7. The number of aryl methyl sites for hydroxylation is 2. The highest BCUT2D eigenvalue weighted by atomic mass is 16.5. The summed E-state index contributed by atoms with van der Waals surface area (Å²) in [6.45, 7) is 4.08. The summed E-state index contributed by atoms with van der Waals surface area (Å²) in [7, 11) is 0. The van der Waals surface area contributed by atoms with Crippen LogP contribution in [-0.4, -0.2) is 9.97 Å². The number of nitrogens with zero attached hydrogens (tertiary/aromatic N) is 2. The Morgan fingerprint density at radius 1 is 1.12 bits per heavy atom. The van der Waals surface area contributed by atoms with Crippen molar-refractivity contribution in [1.82, 2.24) is 9.97 Å². The molecule has 26 heavy (non-hydrogen) atoms. The van der Waals surface area contributed by atoms with E-state index >= 15 is 0 Å². The van der Waals surface area contributed by atoms with Crippen molar-refractivity contribution in [3.8, 4) is 11.6 Å². The lowest BCUT2D eigenvalue weighted by Crippen LogP contribution is -2.01. The fourth-order valence-corrected chi connectivity index (χ4v) is 3.19. The quantitative estimate of drug-likeness (QED) is 0.497. The Bertz CT molecular complexity index is 1160. The summed E-state index contributed by atoms with van der Waals surface area (Å²) in [5.41, 5.74) is 3.03. The van der Waals surface area contributed by atoms with E-state index in [2.05, 4.69) is 16.9 Å². The van der Waals surface area contributed by atoms with E-state index in [9.17, 15) is 4.79 Å². The monoisotopic (exact) mass is 346 g/mol. The largest absolute Gasteiger partial charge is 0.438 e. The first-order valence-corrected chi connectivity index (χ1v) is 8.60. The smallest absolute Gasteiger partial charge is 0.336 e. The first-order valence-electron chi connectivity index (χ1n) is 8.60. The Morgan fingerprint density at radius 3 is 2.85 bits per heavy atom. The van der Waals surface area contributed by atoms with Crippen LogP contribution in [0.4, 0.5) is 0 Å². The molecule has 5 nitrogen and oxygen atoms in total. The zero-order chi connectivity index (χ0) is 18.1. The van der Waals surface area contributed by atoms with Gasteiger partial charge in [0.05, 0.1) is 10.9 Å². The number of hydrogen-bond donors (Lipinski definition) is 0. The lowest BCUT2D eigenvalue weighted by Gasteiger charge is -2.10. The van der Waals surface area contributed by atoms with Crippen molar-refractivity contribution in [3.63, 3.8) is 0 Å². The summed E-state index contributed by atoms with van der Waals surface area (Å²) < 4.78 is 11.4. The van der Waals surface area contributed by atoms with Crippen molar-refractivity contribution in [2.45, 2.75) is 26.7 Å². The van der Waals surface area contributed by atoms with Crippen LogP contribution in [0.1, 0.15) is 24.5 Å². The maximum absolute atomic E-state index is 11.8. The molecule has 2 aromatic heterocycles. The minimum Gasteiger partial charge on any atom is -0.438 e. The van der Waals surface area contributed by atoms with Crippen LogP contribution in [0.15, 0.2) is 58.0 Å². The van der Waals surface area contributed by atoms with Crippen LogP contribution in [0.5, 0.6) is 11.6 Å². The van der Waals surface area contributed by atoms with Gasteiger partial charge in [-0.2, -0.15) is 0 Å². The Morgan fingerprint density at radius 2 is 2.00 bits per heavy atom. The molecule has 0 aliphatic carbocycles. The molecule has 0 saturated heterocycles. The summed E-state index contributed by atoms with van der Waals surface area (Å²) in [4.78, 5) is 20.4. The first kappa shape index (κ1) is 16.3. The average molecular weight is 346 g/mol. The lowest BCUT2D eigenvalue weighted by atomic mass is 10.1. The number of rotatable bonds is 4. The molecule has 4 rings (SSSR count). The molecule has 0 spiro atoms. The van der Waals surface area contributed by atoms with E-state index in [-0.39, 0.29) is 5.63 Å². The molecular formula is C21H18N2O3. The number of ether oxygens (including phenoxy) is 1. The first-order chi connectivity index (χ1) is 12.7. The number of benzene rings is 2. The minimum atomic E-state index is -0.346. The van der Waals surface area contributed by atoms with Gasteiger partial charge in [0.25, 0.3) is 0 Å². The predicted molar refractivity (Wildman–Crippen MR) is 101 cm³/mol. The van der Waals surface area contributed by atoms with Crippen molar-refractivity contribution >= 4 is 21.9 Å². The number of hydrogen-bond acceptors (Lipinski definition) is 5. The highest BCUT2D eigenvalue weighted by Crippen LogP contribution is 2.31. The van der Waals surface area contributed by atoms with E-state index < -0.39 is 0 Å². The molecule has 0 bridgehead atoms. The van der Waals surface area contributed by atoms with Gasteiger partial charge in [-0.25, -0.2) is 14.8 Å². The molecule has 0 aliphatic rings. The van der Waals surface area contributed by atoms with E-state index in [0.29, 0.717) is 17.2 Å². The Balaban J connectivity index is 1.80. The van der Waals surface area contributed by atoms with Gasteiger partial charge in [0.15, 0.2) is 0 Å². The van der Waals surface area contributed by atoms with Crippen LogP contribution in [0.25, 0.3) is 21.9 Å². The molecule has 0 radical (unpaired) electrons. The Kier molecular flexibility index (Phi) is 4.13. The van der Waals surface area contributed by atoms with E-state index in [1.54, 1.807) is 12.1 Å². The third-order valence-corrected chi connectivity index (χ3v) is 4.37. The second-order valence-corrected chi connectivity index (χ2v) is 6.25. The second-order valence-electron chi connectivity index (χ2n) is 6.25. The van der Waals surface area contributed by atoms with Gasteiger partial charge in [-0.1, -0.05) is 25.5 Å². The predicted octanol–water partition coefficient (Wildman–Crippen LogP) is 4.79. The topological polar surface area (TPSA) is 65.2 Å². The van der Waals surface area contributed by atoms with Crippen LogP contribution >= 0.6 is 0 Å². The van der Waals surface area contributed by atoms with E-state index in [4.69, 9.17) is 9.15 Å². The Labute approximate surface area is 150 Å². The van der Waals surface area contributed by atoms with Gasteiger partial charge in [0, 0.05) is 17.5 Å². The number of fused-ring (bicyclic) bond motifs is 2. The third kappa shape index (κ3) is 2.92. The summed E-state index contributed by atoms with van der Waals surface area (Å²) in [6.07, 6.45) is 3.28. The van der Waals surface area contributed by atoms with Crippen LogP contribution in [0, 0.1) is 6.92 Å². The van der Waals surface area contributed by atoms with E-state index in [1.807, 2.05) is 37.3 Å². The molecule has 130 valence electrons. The van der Waals surface area contributed by atoms with Crippen LogP contribution < -0.4 is 10.4 Å².